The lowest BCUT2D eigenvalue weighted by atomic mass is 10.1. The number of ketones is 1. The number of hydrogen-bond acceptors (Lipinski definition) is 3. The van der Waals surface area contributed by atoms with Gasteiger partial charge in [-0.25, -0.2) is 0 Å². The fourth-order valence-corrected chi connectivity index (χ4v) is 3.44. The van der Waals surface area contributed by atoms with Crippen LogP contribution >= 0.6 is 27.5 Å². The SMILES string of the molecule is CCC1COC(C)CN1CCC(=O)c1ccc(Br)cc1Cl. The number of rotatable bonds is 5. The molecule has 0 spiro atoms. The van der Waals surface area contributed by atoms with E-state index in [-0.39, 0.29) is 11.9 Å². The molecule has 1 heterocycles. The normalized spacial score (nSPS) is 23.2. The lowest BCUT2D eigenvalue weighted by Crippen LogP contribution is -2.49. The van der Waals surface area contributed by atoms with Crippen molar-refractivity contribution in [1.29, 1.82) is 0 Å². The van der Waals surface area contributed by atoms with Crippen LogP contribution in [0, 0.1) is 0 Å². The minimum absolute atomic E-state index is 0.0986. The van der Waals surface area contributed by atoms with Crippen molar-refractivity contribution in [3.8, 4) is 0 Å². The third kappa shape index (κ3) is 4.52. The Hall–Kier alpha value is -0.420. The molecule has 0 radical (unpaired) electrons. The van der Waals surface area contributed by atoms with E-state index in [1.807, 2.05) is 6.07 Å². The Bertz CT molecular complexity index is 509. The summed E-state index contributed by atoms with van der Waals surface area (Å²) in [6.07, 6.45) is 1.77. The van der Waals surface area contributed by atoms with Crippen LogP contribution in [0.5, 0.6) is 0 Å². The fourth-order valence-electron chi connectivity index (χ4n) is 2.66. The molecule has 1 fully saturated rings. The van der Waals surface area contributed by atoms with Crippen molar-refractivity contribution < 1.29 is 9.53 Å². The summed E-state index contributed by atoms with van der Waals surface area (Å²) >= 11 is 9.49. The van der Waals surface area contributed by atoms with E-state index in [9.17, 15) is 4.79 Å². The summed E-state index contributed by atoms with van der Waals surface area (Å²) in [5.74, 6) is 0.0986. The molecule has 1 aromatic rings. The number of hydrogen-bond donors (Lipinski definition) is 0. The topological polar surface area (TPSA) is 29.5 Å². The predicted octanol–water partition coefficient (Wildman–Crippen LogP) is 4.17. The van der Waals surface area contributed by atoms with Gasteiger partial charge in [0.15, 0.2) is 5.78 Å². The van der Waals surface area contributed by atoms with Gasteiger partial charge in [-0.3, -0.25) is 9.69 Å². The Labute approximate surface area is 139 Å². The van der Waals surface area contributed by atoms with Crippen molar-refractivity contribution in [1.82, 2.24) is 4.90 Å². The van der Waals surface area contributed by atoms with Gasteiger partial charge in [-0.2, -0.15) is 0 Å². The van der Waals surface area contributed by atoms with Crippen LogP contribution < -0.4 is 0 Å². The molecule has 0 aromatic heterocycles. The molecule has 116 valence electrons. The molecule has 1 aromatic carbocycles. The summed E-state index contributed by atoms with van der Waals surface area (Å²) in [5, 5.41) is 0.511. The molecule has 2 unspecified atom stereocenters. The molecule has 0 aliphatic carbocycles. The minimum atomic E-state index is 0.0986. The maximum absolute atomic E-state index is 12.3. The van der Waals surface area contributed by atoms with Crippen LogP contribution in [0.25, 0.3) is 0 Å². The molecule has 0 bridgehead atoms. The van der Waals surface area contributed by atoms with Crippen molar-refractivity contribution >= 4 is 33.3 Å². The second kappa shape index (κ2) is 7.73. The Morgan fingerprint density at radius 3 is 2.95 bits per heavy atom. The van der Waals surface area contributed by atoms with Gasteiger partial charge in [0.1, 0.15) is 0 Å². The second-order valence-electron chi connectivity index (χ2n) is 5.50. The highest BCUT2D eigenvalue weighted by Crippen LogP contribution is 2.23. The Morgan fingerprint density at radius 1 is 1.52 bits per heavy atom. The van der Waals surface area contributed by atoms with Gasteiger partial charge in [0.25, 0.3) is 0 Å². The first-order chi connectivity index (χ1) is 10.0. The molecule has 0 N–H and O–H groups in total. The molecule has 1 aliphatic rings. The quantitative estimate of drug-likeness (QED) is 0.724. The maximum Gasteiger partial charge on any atom is 0.165 e. The van der Waals surface area contributed by atoms with E-state index >= 15 is 0 Å². The number of ether oxygens (including phenoxy) is 1. The summed E-state index contributed by atoms with van der Waals surface area (Å²) in [6.45, 7) is 6.64. The van der Waals surface area contributed by atoms with Gasteiger partial charge in [-0.05, 0) is 31.5 Å². The van der Waals surface area contributed by atoms with Crippen LogP contribution in [-0.4, -0.2) is 42.5 Å². The molecule has 0 amide bonds. The highest BCUT2D eigenvalue weighted by molar-refractivity contribution is 9.10. The third-order valence-electron chi connectivity index (χ3n) is 3.91. The molecule has 3 nitrogen and oxygen atoms in total. The van der Waals surface area contributed by atoms with E-state index in [1.165, 1.54) is 0 Å². The third-order valence-corrected chi connectivity index (χ3v) is 4.72. The van der Waals surface area contributed by atoms with Crippen LogP contribution in [0.4, 0.5) is 0 Å². The van der Waals surface area contributed by atoms with Gasteiger partial charge in [0.05, 0.1) is 17.7 Å². The molecule has 1 aliphatic heterocycles. The van der Waals surface area contributed by atoms with Gasteiger partial charge in [-0.1, -0.05) is 34.5 Å². The minimum Gasteiger partial charge on any atom is -0.376 e. The summed E-state index contributed by atoms with van der Waals surface area (Å²) in [7, 11) is 0. The second-order valence-corrected chi connectivity index (χ2v) is 6.82. The average Bonchev–Trinajstić information content (AvgIpc) is 2.45. The number of benzene rings is 1. The number of carbonyl (C=O) groups is 1. The zero-order chi connectivity index (χ0) is 15.4. The highest BCUT2D eigenvalue weighted by Gasteiger charge is 2.25. The average molecular weight is 375 g/mol. The van der Waals surface area contributed by atoms with Crippen LogP contribution in [0.2, 0.25) is 5.02 Å². The van der Waals surface area contributed by atoms with Gasteiger partial charge >= 0.3 is 0 Å². The Balaban J connectivity index is 1.96. The van der Waals surface area contributed by atoms with Crippen LogP contribution in [0.15, 0.2) is 22.7 Å². The lowest BCUT2D eigenvalue weighted by Gasteiger charge is -2.38. The van der Waals surface area contributed by atoms with Gasteiger partial charge < -0.3 is 4.74 Å². The Kier molecular flexibility index (Phi) is 6.23. The van der Waals surface area contributed by atoms with Crippen molar-refractivity contribution in [2.24, 2.45) is 0 Å². The molecule has 0 saturated carbocycles. The largest absolute Gasteiger partial charge is 0.376 e. The van der Waals surface area contributed by atoms with E-state index in [1.54, 1.807) is 12.1 Å². The molecule has 2 rings (SSSR count). The van der Waals surface area contributed by atoms with E-state index in [4.69, 9.17) is 16.3 Å². The van der Waals surface area contributed by atoms with Gasteiger partial charge in [-0.15, -0.1) is 0 Å². The summed E-state index contributed by atoms with van der Waals surface area (Å²) in [4.78, 5) is 14.7. The maximum atomic E-state index is 12.3. The lowest BCUT2D eigenvalue weighted by molar-refractivity contribution is -0.0553. The van der Waals surface area contributed by atoms with E-state index < -0.39 is 0 Å². The van der Waals surface area contributed by atoms with Gasteiger partial charge in [0.2, 0.25) is 0 Å². The highest BCUT2D eigenvalue weighted by atomic mass is 79.9. The predicted molar refractivity (Wildman–Crippen MR) is 89.2 cm³/mol. The number of Topliss-reactive ketones (excluding diaryl/α,β-unsaturated/α-hetero) is 1. The fraction of sp³-hybridized carbons (Fsp3) is 0.562. The van der Waals surface area contributed by atoms with Crippen molar-refractivity contribution in [3.05, 3.63) is 33.3 Å². The van der Waals surface area contributed by atoms with E-state index in [0.717, 1.165) is 30.6 Å². The van der Waals surface area contributed by atoms with E-state index in [0.29, 0.717) is 23.0 Å². The summed E-state index contributed by atoms with van der Waals surface area (Å²) in [5.41, 5.74) is 0.606. The molecule has 5 heteroatoms. The molecular weight excluding hydrogens is 354 g/mol. The first-order valence-electron chi connectivity index (χ1n) is 7.35. The standard InChI is InChI=1S/C16H21BrClNO2/c1-3-13-10-21-11(2)9-19(13)7-6-16(20)14-5-4-12(17)8-15(14)18/h4-5,8,11,13H,3,6-7,9-10H2,1-2H3. The van der Waals surface area contributed by atoms with Gasteiger partial charge in [0, 0.05) is 35.6 Å². The monoisotopic (exact) mass is 373 g/mol. The Morgan fingerprint density at radius 2 is 2.29 bits per heavy atom. The van der Waals surface area contributed by atoms with E-state index in [2.05, 4.69) is 34.7 Å². The number of carbonyl (C=O) groups excluding carboxylic acids is 1. The summed E-state index contributed by atoms with van der Waals surface area (Å²) < 4.78 is 6.57. The summed E-state index contributed by atoms with van der Waals surface area (Å²) in [6, 6.07) is 5.81. The zero-order valence-electron chi connectivity index (χ0n) is 12.4. The number of halogens is 2. The number of morpholine rings is 1. The van der Waals surface area contributed by atoms with Crippen LogP contribution in [0.3, 0.4) is 0 Å². The van der Waals surface area contributed by atoms with Crippen LogP contribution in [0.1, 0.15) is 37.0 Å². The zero-order valence-corrected chi connectivity index (χ0v) is 14.8. The van der Waals surface area contributed by atoms with Crippen molar-refractivity contribution in [3.63, 3.8) is 0 Å². The first kappa shape index (κ1) is 16.9. The smallest absolute Gasteiger partial charge is 0.165 e. The molecular formula is C16H21BrClNO2. The molecule has 21 heavy (non-hydrogen) atoms. The van der Waals surface area contributed by atoms with Crippen molar-refractivity contribution in [2.45, 2.75) is 38.8 Å². The van der Waals surface area contributed by atoms with Crippen molar-refractivity contribution in [2.75, 3.05) is 19.7 Å². The van der Waals surface area contributed by atoms with Crippen LogP contribution in [-0.2, 0) is 4.74 Å². The molecule has 1 saturated heterocycles. The molecule has 2 atom stereocenters. The number of nitrogens with zero attached hydrogens (tertiary/aromatic N) is 1. The first-order valence-corrected chi connectivity index (χ1v) is 8.52.